The molecule has 1 aromatic heterocycles. The van der Waals surface area contributed by atoms with Crippen LogP contribution in [-0.4, -0.2) is 18.4 Å². The van der Waals surface area contributed by atoms with Gasteiger partial charge in [0, 0.05) is 5.02 Å². The van der Waals surface area contributed by atoms with Crippen molar-refractivity contribution < 1.29 is 8.42 Å². The van der Waals surface area contributed by atoms with Gasteiger partial charge in [-0.2, -0.15) is 0 Å². The molecule has 0 radical (unpaired) electrons. The Balaban J connectivity index is 2.30. The molecule has 0 fully saturated rings. The zero-order valence-electron chi connectivity index (χ0n) is 9.84. The molecule has 1 aromatic carbocycles. The first-order chi connectivity index (χ1) is 9.42. The number of hydrogen-bond donors (Lipinski definition) is 3. The standard InChI is InChI=1S/C10H9Cl2N5O2S/c11-6-1-2-9(8(12)3-6)17-20(18,19)7-4-14-10(16-13)15-5-7/h1-5,17H,13H2,(H,14,15,16). The monoisotopic (exact) mass is 333 g/mol. The summed E-state index contributed by atoms with van der Waals surface area (Å²) >= 11 is 11.6. The Morgan fingerprint density at radius 2 is 1.80 bits per heavy atom. The third kappa shape index (κ3) is 3.28. The van der Waals surface area contributed by atoms with Gasteiger partial charge >= 0.3 is 0 Å². The molecule has 7 nitrogen and oxygen atoms in total. The van der Waals surface area contributed by atoms with E-state index in [0.29, 0.717) is 5.02 Å². The molecule has 0 aliphatic heterocycles. The van der Waals surface area contributed by atoms with Crippen LogP contribution in [0.3, 0.4) is 0 Å². The van der Waals surface area contributed by atoms with Crippen molar-refractivity contribution in [2.45, 2.75) is 4.90 Å². The Hall–Kier alpha value is -1.61. The first-order valence-corrected chi connectivity index (χ1v) is 7.43. The molecule has 20 heavy (non-hydrogen) atoms. The predicted molar refractivity (Wildman–Crippen MR) is 77.1 cm³/mol. The number of sulfonamides is 1. The maximum Gasteiger partial charge on any atom is 0.265 e. The fourth-order valence-corrected chi connectivity index (χ4v) is 2.79. The van der Waals surface area contributed by atoms with Crippen molar-refractivity contribution in [2.24, 2.45) is 5.84 Å². The summed E-state index contributed by atoms with van der Waals surface area (Å²) in [6.07, 6.45) is 2.24. The van der Waals surface area contributed by atoms with Crippen molar-refractivity contribution in [3.63, 3.8) is 0 Å². The van der Waals surface area contributed by atoms with Crippen LogP contribution in [0.5, 0.6) is 0 Å². The van der Waals surface area contributed by atoms with E-state index >= 15 is 0 Å². The lowest BCUT2D eigenvalue weighted by Gasteiger charge is -2.09. The van der Waals surface area contributed by atoms with Crippen molar-refractivity contribution in [1.29, 1.82) is 0 Å². The minimum absolute atomic E-state index is 0.105. The van der Waals surface area contributed by atoms with Gasteiger partial charge in [-0.15, -0.1) is 0 Å². The van der Waals surface area contributed by atoms with Crippen LogP contribution in [0, 0.1) is 0 Å². The third-order valence-corrected chi connectivity index (χ3v) is 4.11. The lowest BCUT2D eigenvalue weighted by molar-refractivity contribution is 0.600. The van der Waals surface area contributed by atoms with E-state index in [4.69, 9.17) is 29.0 Å². The number of hydrogen-bond acceptors (Lipinski definition) is 6. The van der Waals surface area contributed by atoms with Gasteiger partial charge in [0.25, 0.3) is 10.0 Å². The molecule has 2 aromatic rings. The molecule has 106 valence electrons. The Bertz CT molecular complexity index is 721. The predicted octanol–water partition coefficient (Wildman–Crippen LogP) is 1.87. The van der Waals surface area contributed by atoms with E-state index in [9.17, 15) is 8.42 Å². The second kappa shape index (κ2) is 5.80. The van der Waals surface area contributed by atoms with Gasteiger partial charge in [0.2, 0.25) is 5.95 Å². The van der Waals surface area contributed by atoms with E-state index in [1.54, 1.807) is 0 Å². The van der Waals surface area contributed by atoms with Gasteiger partial charge in [0.1, 0.15) is 4.90 Å². The summed E-state index contributed by atoms with van der Waals surface area (Å²) in [6, 6.07) is 4.40. The van der Waals surface area contributed by atoms with E-state index in [1.807, 2.05) is 0 Å². The highest BCUT2D eigenvalue weighted by Gasteiger charge is 2.17. The molecule has 4 N–H and O–H groups in total. The maximum atomic E-state index is 12.1. The molecular formula is C10H9Cl2N5O2S. The lowest BCUT2D eigenvalue weighted by Crippen LogP contribution is -2.15. The van der Waals surface area contributed by atoms with Crippen LogP contribution in [0.2, 0.25) is 10.0 Å². The quantitative estimate of drug-likeness (QED) is 0.582. The van der Waals surface area contributed by atoms with Gasteiger partial charge in [0.05, 0.1) is 23.1 Å². The lowest BCUT2D eigenvalue weighted by atomic mass is 10.3. The Morgan fingerprint density at radius 3 is 2.35 bits per heavy atom. The number of rotatable bonds is 4. The summed E-state index contributed by atoms with van der Waals surface area (Å²) in [5.74, 6) is 5.20. The molecule has 0 saturated heterocycles. The molecular weight excluding hydrogens is 325 g/mol. The van der Waals surface area contributed by atoms with Crippen LogP contribution in [0.25, 0.3) is 0 Å². The SMILES string of the molecule is NNc1ncc(S(=O)(=O)Nc2ccc(Cl)cc2Cl)cn1. The molecule has 0 aliphatic rings. The van der Waals surface area contributed by atoms with Gasteiger partial charge in [0.15, 0.2) is 0 Å². The minimum Gasteiger partial charge on any atom is -0.292 e. The van der Waals surface area contributed by atoms with Crippen LogP contribution in [0.1, 0.15) is 0 Å². The van der Waals surface area contributed by atoms with Crippen LogP contribution >= 0.6 is 23.2 Å². The molecule has 0 saturated carbocycles. The number of nitrogens with one attached hydrogen (secondary N) is 2. The number of benzene rings is 1. The van der Waals surface area contributed by atoms with Gasteiger partial charge < -0.3 is 0 Å². The van der Waals surface area contributed by atoms with Crippen molar-refractivity contribution in [3.8, 4) is 0 Å². The molecule has 0 amide bonds. The second-order valence-electron chi connectivity index (χ2n) is 3.62. The Labute approximate surface area is 125 Å². The second-order valence-corrected chi connectivity index (χ2v) is 6.14. The molecule has 1 heterocycles. The van der Waals surface area contributed by atoms with Crippen molar-refractivity contribution in [3.05, 3.63) is 40.6 Å². The first kappa shape index (κ1) is 14.8. The fourth-order valence-electron chi connectivity index (χ4n) is 1.31. The third-order valence-electron chi connectivity index (χ3n) is 2.24. The maximum absolute atomic E-state index is 12.1. The van der Waals surface area contributed by atoms with Gasteiger partial charge in [-0.25, -0.2) is 24.2 Å². The molecule has 0 aliphatic carbocycles. The Morgan fingerprint density at radius 1 is 1.15 bits per heavy atom. The molecule has 0 spiro atoms. The number of nitrogens with zero attached hydrogens (tertiary/aromatic N) is 2. The van der Waals surface area contributed by atoms with Crippen LogP contribution in [0.4, 0.5) is 11.6 Å². The van der Waals surface area contributed by atoms with Gasteiger partial charge in [-0.1, -0.05) is 23.2 Å². The van der Waals surface area contributed by atoms with Crippen LogP contribution in [0.15, 0.2) is 35.5 Å². The summed E-state index contributed by atoms with van der Waals surface area (Å²) in [7, 11) is -3.84. The Kier molecular flexibility index (Phi) is 4.29. The average molecular weight is 334 g/mol. The largest absolute Gasteiger partial charge is 0.292 e. The average Bonchev–Trinajstić information content (AvgIpc) is 2.42. The topological polar surface area (TPSA) is 110 Å². The molecule has 0 unspecified atom stereocenters. The van der Waals surface area contributed by atoms with Crippen LogP contribution in [-0.2, 0) is 10.0 Å². The van der Waals surface area contributed by atoms with Crippen molar-refractivity contribution in [2.75, 3.05) is 10.1 Å². The van der Waals surface area contributed by atoms with Crippen LogP contribution < -0.4 is 16.0 Å². The normalized spacial score (nSPS) is 11.2. The van der Waals surface area contributed by atoms with E-state index in [0.717, 1.165) is 12.4 Å². The van der Waals surface area contributed by atoms with Crippen molar-refractivity contribution >= 4 is 44.9 Å². The smallest absolute Gasteiger partial charge is 0.265 e. The van der Waals surface area contributed by atoms with E-state index in [-0.39, 0.29) is 21.6 Å². The summed E-state index contributed by atoms with van der Waals surface area (Å²) < 4.78 is 26.5. The summed E-state index contributed by atoms with van der Waals surface area (Å²) in [5, 5.41) is 0.585. The number of hydrazine groups is 1. The fraction of sp³-hybridized carbons (Fsp3) is 0. The summed E-state index contributed by atoms with van der Waals surface area (Å²) in [5.41, 5.74) is 2.40. The highest BCUT2D eigenvalue weighted by molar-refractivity contribution is 7.92. The molecule has 0 bridgehead atoms. The number of halogens is 2. The highest BCUT2D eigenvalue weighted by atomic mass is 35.5. The number of anilines is 2. The zero-order valence-corrected chi connectivity index (χ0v) is 12.2. The van der Waals surface area contributed by atoms with Crippen molar-refractivity contribution in [1.82, 2.24) is 9.97 Å². The van der Waals surface area contributed by atoms with Gasteiger partial charge in [-0.05, 0) is 18.2 Å². The first-order valence-electron chi connectivity index (χ1n) is 5.19. The number of nitrogen functional groups attached to an aromatic ring is 1. The number of nitrogens with two attached hydrogens (primary N) is 1. The minimum atomic E-state index is -3.84. The number of aromatic nitrogens is 2. The zero-order chi connectivity index (χ0) is 14.8. The molecule has 0 atom stereocenters. The summed E-state index contributed by atoms with van der Waals surface area (Å²) in [6.45, 7) is 0. The van der Waals surface area contributed by atoms with E-state index in [1.165, 1.54) is 18.2 Å². The summed E-state index contributed by atoms with van der Waals surface area (Å²) in [4.78, 5) is 7.32. The van der Waals surface area contributed by atoms with E-state index < -0.39 is 10.0 Å². The van der Waals surface area contributed by atoms with E-state index in [2.05, 4.69) is 20.1 Å². The van der Waals surface area contributed by atoms with Gasteiger partial charge in [-0.3, -0.25) is 10.1 Å². The highest BCUT2D eigenvalue weighted by Crippen LogP contribution is 2.27. The molecule has 10 heteroatoms. The molecule has 2 rings (SSSR count).